The van der Waals surface area contributed by atoms with Crippen LogP contribution in [0.2, 0.25) is 0 Å². The summed E-state index contributed by atoms with van der Waals surface area (Å²) in [6.45, 7) is 6.37. The summed E-state index contributed by atoms with van der Waals surface area (Å²) in [6.07, 6.45) is 2.68. The summed E-state index contributed by atoms with van der Waals surface area (Å²) in [7, 11) is 1.25. The van der Waals surface area contributed by atoms with Gasteiger partial charge in [-0.2, -0.15) is 0 Å². The van der Waals surface area contributed by atoms with E-state index in [1.165, 1.54) is 14.0 Å². The Bertz CT molecular complexity index is 409. The molecule has 21 heavy (non-hydrogen) atoms. The summed E-state index contributed by atoms with van der Waals surface area (Å²) in [4.78, 5) is 36.8. The van der Waals surface area contributed by atoms with Gasteiger partial charge in [0.2, 0.25) is 5.91 Å². The lowest BCUT2D eigenvalue weighted by Crippen LogP contribution is -2.50. The number of hydrogen-bond acceptors (Lipinski definition) is 5. The Hall–Kier alpha value is -1.59. The molecule has 0 saturated heterocycles. The molecule has 1 saturated carbocycles. The zero-order chi connectivity index (χ0) is 16.2. The molecule has 6 heteroatoms. The molecule has 1 atom stereocenters. The van der Waals surface area contributed by atoms with Gasteiger partial charge in [-0.05, 0) is 39.5 Å². The Morgan fingerprint density at radius 2 is 1.81 bits per heavy atom. The molecule has 0 radical (unpaired) electrons. The van der Waals surface area contributed by atoms with Gasteiger partial charge in [0.1, 0.15) is 11.6 Å². The van der Waals surface area contributed by atoms with Crippen LogP contribution in [0.3, 0.4) is 0 Å². The summed E-state index contributed by atoms with van der Waals surface area (Å²) in [5.41, 5.74) is -0.734. The van der Waals surface area contributed by atoms with Crippen LogP contribution < -0.4 is 0 Å². The van der Waals surface area contributed by atoms with Crippen LogP contribution >= 0.6 is 0 Å². The normalized spacial score (nSPS) is 16.0. The predicted octanol–water partition coefficient (Wildman–Crippen LogP) is 2.50. The molecule has 0 spiro atoms. The maximum atomic E-state index is 12.2. The van der Waals surface area contributed by atoms with Crippen LogP contribution in [-0.4, -0.2) is 41.6 Å². The van der Waals surface area contributed by atoms with Crippen LogP contribution in [-0.2, 0) is 19.1 Å². The van der Waals surface area contributed by atoms with Gasteiger partial charge in [0, 0.05) is 6.92 Å². The Morgan fingerprint density at radius 3 is 2.19 bits per heavy atom. The van der Waals surface area contributed by atoms with Crippen molar-refractivity contribution in [1.82, 2.24) is 4.90 Å². The van der Waals surface area contributed by atoms with E-state index in [1.807, 2.05) is 0 Å². The molecule has 0 aromatic heterocycles. The zero-order valence-electron chi connectivity index (χ0n) is 13.5. The highest BCUT2D eigenvalue weighted by molar-refractivity contribution is 5.95. The number of carbonyl (C=O) groups is 3. The van der Waals surface area contributed by atoms with Crippen molar-refractivity contribution in [2.75, 3.05) is 7.11 Å². The highest BCUT2D eigenvalue weighted by Crippen LogP contribution is 2.34. The lowest BCUT2D eigenvalue weighted by molar-refractivity contribution is -0.152. The van der Waals surface area contributed by atoms with Crippen molar-refractivity contribution < 1.29 is 23.9 Å². The SMILES string of the molecule is COC(=O)[C@H](CCC1CC1)N(C(C)=O)C(=O)OC(C)(C)C. The van der Waals surface area contributed by atoms with Crippen molar-refractivity contribution in [3.05, 3.63) is 0 Å². The molecular formula is C15H25NO5. The molecule has 1 aliphatic rings. The predicted molar refractivity (Wildman–Crippen MR) is 76.5 cm³/mol. The molecule has 2 amide bonds. The second kappa shape index (κ2) is 6.91. The van der Waals surface area contributed by atoms with Crippen LogP contribution in [0.15, 0.2) is 0 Å². The van der Waals surface area contributed by atoms with Crippen LogP contribution in [0, 0.1) is 5.92 Å². The van der Waals surface area contributed by atoms with Crippen molar-refractivity contribution in [2.24, 2.45) is 5.92 Å². The smallest absolute Gasteiger partial charge is 0.417 e. The highest BCUT2D eigenvalue weighted by Gasteiger charge is 2.37. The van der Waals surface area contributed by atoms with Gasteiger partial charge >= 0.3 is 12.1 Å². The number of esters is 1. The first-order valence-corrected chi connectivity index (χ1v) is 7.26. The van der Waals surface area contributed by atoms with Crippen LogP contribution in [0.4, 0.5) is 4.79 Å². The van der Waals surface area contributed by atoms with Crippen LogP contribution in [0.25, 0.3) is 0 Å². The van der Waals surface area contributed by atoms with Crippen LogP contribution in [0.5, 0.6) is 0 Å². The molecule has 0 aromatic carbocycles. The molecule has 1 aliphatic carbocycles. The minimum atomic E-state index is -0.914. The number of ether oxygens (including phenoxy) is 2. The Labute approximate surface area is 125 Å². The van der Waals surface area contributed by atoms with E-state index in [1.54, 1.807) is 20.8 Å². The average Bonchev–Trinajstić information content (AvgIpc) is 3.14. The fraction of sp³-hybridized carbons (Fsp3) is 0.800. The number of rotatable bonds is 5. The molecule has 0 aliphatic heterocycles. The Kier molecular flexibility index (Phi) is 5.75. The lowest BCUT2D eigenvalue weighted by atomic mass is 10.1. The van der Waals surface area contributed by atoms with Crippen molar-refractivity contribution >= 4 is 18.0 Å². The number of imide groups is 1. The third-order valence-corrected chi connectivity index (χ3v) is 3.26. The van der Waals surface area contributed by atoms with Crippen molar-refractivity contribution in [1.29, 1.82) is 0 Å². The Balaban J connectivity index is 2.86. The van der Waals surface area contributed by atoms with Gasteiger partial charge in [-0.25, -0.2) is 14.5 Å². The van der Waals surface area contributed by atoms with E-state index < -0.39 is 29.6 Å². The van der Waals surface area contributed by atoms with Gasteiger partial charge in [-0.1, -0.05) is 12.8 Å². The van der Waals surface area contributed by atoms with E-state index >= 15 is 0 Å². The second-order valence-electron chi connectivity index (χ2n) is 6.43. The van der Waals surface area contributed by atoms with Crippen LogP contribution in [0.1, 0.15) is 53.4 Å². The van der Waals surface area contributed by atoms with E-state index in [2.05, 4.69) is 0 Å². The second-order valence-corrected chi connectivity index (χ2v) is 6.43. The maximum absolute atomic E-state index is 12.2. The summed E-state index contributed by atoms with van der Waals surface area (Å²) in [5, 5.41) is 0. The Morgan fingerprint density at radius 1 is 1.24 bits per heavy atom. The summed E-state index contributed by atoms with van der Waals surface area (Å²) in [6, 6.07) is -0.914. The third-order valence-electron chi connectivity index (χ3n) is 3.26. The van der Waals surface area contributed by atoms with Gasteiger partial charge in [-0.3, -0.25) is 4.79 Å². The van der Waals surface area contributed by atoms with E-state index in [4.69, 9.17) is 9.47 Å². The van der Waals surface area contributed by atoms with Gasteiger partial charge < -0.3 is 9.47 Å². The topological polar surface area (TPSA) is 72.9 Å². The molecule has 0 heterocycles. The van der Waals surface area contributed by atoms with Crippen molar-refractivity contribution in [2.45, 2.75) is 65.0 Å². The number of methoxy groups -OCH3 is 1. The maximum Gasteiger partial charge on any atom is 0.417 e. The number of hydrogen-bond donors (Lipinski definition) is 0. The van der Waals surface area contributed by atoms with E-state index in [9.17, 15) is 14.4 Å². The minimum Gasteiger partial charge on any atom is -0.467 e. The van der Waals surface area contributed by atoms with E-state index in [-0.39, 0.29) is 0 Å². The van der Waals surface area contributed by atoms with Gasteiger partial charge in [0.05, 0.1) is 7.11 Å². The summed E-state index contributed by atoms with van der Waals surface area (Å²) in [5.74, 6) is -0.517. The first kappa shape index (κ1) is 17.5. The average molecular weight is 299 g/mol. The number of amides is 2. The molecule has 0 N–H and O–H groups in total. The van der Waals surface area contributed by atoms with Crippen molar-refractivity contribution in [3.63, 3.8) is 0 Å². The molecule has 1 rings (SSSR count). The largest absolute Gasteiger partial charge is 0.467 e. The van der Waals surface area contributed by atoms with Gasteiger partial charge in [-0.15, -0.1) is 0 Å². The zero-order valence-corrected chi connectivity index (χ0v) is 13.5. The highest BCUT2D eigenvalue weighted by atomic mass is 16.6. The van der Waals surface area contributed by atoms with Gasteiger partial charge in [0.25, 0.3) is 0 Å². The monoisotopic (exact) mass is 299 g/mol. The summed E-state index contributed by atoms with van der Waals surface area (Å²) < 4.78 is 9.95. The minimum absolute atomic E-state index is 0.413. The molecular weight excluding hydrogens is 274 g/mol. The molecule has 0 aromatic rings. The fourth-order valence-corrected chi connectivity index (χ4v) is 2.07. The van der Waals surface area contributed by atoms with E-state index in [0.29, 0.717) is 12.3 Å². The molecule has 1 fully saturated rings. The first-order chi connectivity index (χ1) is 9.65. The number of carbonyl (C=O) groups excluding carboxylic acids is 3. The quantitative estimate of drug-likeness (QED) is 0.729. The van der Waals surface area contributed by atoms with E-state index in [0.717, 1.165) is 24.2 Å². The van der Waals surface area contributed by atoms with Gasteiger partial charge in [0.15, 0.2) is 0 Å². The number of nitrogens with zero attached hydrogens (tertiary/aromatic N) is 1. The molecule has 0 unspecified atom stereocenters. The van der Waals surface area contributed by atoms with Crippen molar-refractivity contribution in [3.8, 4) is 0 Å². The molecule has 6 nitrogen and oxygen atoms in total. The summed E-state index contributed by atoms with van der Waals surface area (Å²) >= 11 is 0. The molecule has 120 valence electrons. The lowest BCUT2D eigenvalue weighted by Gasteiger charge is -2.30. The fourth-order valence-electron chi connectivity index (χ4n) is 2.07. The standard InChI is InChI=1S/C15H25NO5/c1-10(17)16(14(19)21-15(2,3)4)12(13(18)20-5)9-8-11-6-7-11/h11-12H,6-9H2,1-5H3/t12-/m0/s1. The first-order valence-electron chi connectivity index (χ1n) is 7.26. The third kappa shape index (κ3) is 5.73. The molecule has 0 bridgehead atoms.